The molecule has 1 radical (unpaired) electrons. The second-order valence-corrected chi connectivity index (χ2v) is 2.73. The van der Waals surface area contributed by atoms with Crippen LogP contribution in [0.2, 0.25) is 0 Å². The van der Waals surface area contributed by atoms with Crippen molar-refractivity contribution in [1.29, 1.82) is 0 Å². The normalized spacial score (nSPS) is 12.5. The topological polar surface area (TPSA) is 0 Å². The summed E-state index contributed by atoms with van der Waals surface area (Å²) in [6, 6.07) is 0. The molecule has 12 heavy (non-hydrogen) atoms. The summed E-state index contributed by atoms with van der Waals surface area (Å²) in [5.41, 5.74) is 0. The zero-order chi connectivity index (χ0) is 9.61. The molecule has 0 fully saturated rings. The molecule has 73 valence electrons. The van der Waals surface area contributed by atoms with Gasteiger partial charge < -0.3 is 0 Å². The van der Waals surface area contributed by atoms with Gasteiger partial charge in [-0.15, -0.1) is 0 Å². The Labute approximate surface area is 70.0 Å². The van der Waals surface area contributed by atoms with Crippen LogP contribution in [0.25, 0.3) is 0 Å². The van der Waals surface area contributed by atoms with Crippen LogP contribution in [-0.4, -0.2) is 12.3 Å². The van der Waals surface area contributed by atoms with E-state index in [1.54, 1.807) is 0 Å². The smallest absolute Gasteiger partial charge is 0.204 e. The van der Waals surface area contributed by atoms with Gasteiger partial charge in [0, 0.05) is 6.42 Å². The Balaban J connectivity index is 3.47. The molecule has 0 aromatic carbocycles. The van der Waals surface area contributed by atoms with Gasteiger partial charge in [-0.05, 0) is 6.42 Å². The van der Waals surface area contributed by atoms with Gasteiger partial charge in [-0.25, -0.2) is 17.6 Å². The summed E-state index contributed by atoms with van der Waals surface area (Å²) in [6.45, 7) is 3.52. The summed E-state index contributed by atoms with van der Waals surface area (Å²) >= 11 is 0. The first-order valence-electron chi connectivity index (χ1n) is 3.96. The molecule has 0 aromatic heterocycles. The molecular formula is C8H13F4. The molecule has 0 saturated carbocycles. The minimum absolute atomic E-state index is 0.146. The average molecular weight is 185 g/mol. The second-order valence-electron chi connectivity index (χ2n) is 2.73. The van der Waals surface area contributed by atoms with Crippen molar-refractivity contribution in [2.24, 2.45) is 0 Å². The predicted octanol–water partition coefficient (Wildman–Crippen LogP) is 3.67. The second kappa shape index (κ2) is 5.38. The van der Waals surface area contributed by atoms with Gasteiger partial charge in [-0.1, -0.05) is 26.2 Å². The SMILES string of the molecule is [CH2]CCCCCC(F)(F)C(F)F. The van der Waals surface area contributed by atoms with Crippen molar-refractivity contribution in [3.8, 4) is 0 Å². The summed E-state index contributed by atoms with van der Waals surface area (Å²) in [6.07, 6.45) is -2.17. The van der Waals surface area contributed by atoms with E-state index in [0.717, 1.165) is 6.42 Å². The Bertz CT molecular complexity index is 112. The fourth-order valence-electron chi connectivity index (χ4n) is 0.823. The quantitative estimate of drug-likeness (QED) is 0.437. The molecule has 0 atom stereocenters. The van der Waals surface area contributed by atoms with E-state index in [2.05, 4.69) is 6.92 Å². The zero-order valence-electron chi connectivity index (χ0n) is 6.83. The molecule has 0 heterocycles. The van der Waals surface area contributed by atoms with E-state index >= 15 is 0 Å². The summed E-state index contributed by atoms with van der Waals surface area (Å²) in [4.78, 5) is 0. The van der Waals surface area contributed by atoms with Crippen LogP contribution in [0.5, 0.6) is 0 Å². The van der Waals surface area contributed by atoms with Crippen LogP contribution >= 0.6 is 0 Å². The third kappa shape index (κ3) is 4.57. The van der Waals surface area contributed by atoms with Crippen molar-refractivity contribution in [3.63, 3.8) is 0 Å². The number of hydrogen-bond donors (Lipinski definition) is 0. The first-order valence-corrected chi connectivity index (χ1v) is 3.96. The molecule has 0 spiro atoms. The number of alkyl halides is 4. The maximum Gasteiger partial charge on any atom is 0.307 e. The van der Waals surface area contributed by atoms with E-state index in [1.165, 1.54) is 0 Å². The predicted molar refractivity (Wildman–Crippen MR) is 39.4 cm³/mol. The highest BCUT2D eigenvalue weighted by molar-refractivity contribution is 4.68. The molecule has 0 N–H and O–H groups in total. The zero-order valence-corrected chi connectivity index (χ0v) is 6.83. The van der Waals surface area contributed by atoms with Crippen molar-refractivity contribution in [3.05, 3.63) is 6.92 Å². The number of hydrogen-bond acceptors (Lipinski definition) is 0. The van der Waals surface area contributed by atoms with Gasteiger partial charge in [0.05, 0.1) is 0 Å². The number of rotatable bonds is 6. The van der Waals surface area contributed by atoms with Gasteiger partial charge in [0.25, 0.3) is 0 Å². The largest absolute Gasteiger partial charge is 0.307 e. The molecule has 0 aromatic rings. The maximum atomic E-state index is 12.2. The van der Waals surface area contributed by atoms with Crippen LogP contribution in [0.3, 0.4) is 0 Å². The molecule has 0 aliphatic heterocycles. The highest BCUT2D eigenvalue weighted by Crippen LogP contribution is 2.28. The number of unbranched alkanes of at least 4 members (excludes halogenated alkanes) is 3. The van der Waals surface area contributed by atoms with Crippen LogP contribution in [0.15, 0.2) is 0 Å². The van der Waals surface area contributed by atoms with E-state index in [9.17, 15) is 17.6 Å². The summed E-state index contributed by atoms with van der Waals surface area (Å²) in [7, 11) is 0. The van der Waals surface area contributed by atoms with E-state index in [4.69, 9.17) is 0 Å². The Kier molecular flexibility index (Phi) is 5.25. The Morgan fingerprint density at radius 3 is 2.08 bits per heavy atom. The average Bonchev–Trinajstić information content (AvgIpc) is 1.98. The van der Waals surface area contributed by atoms with Crippen LogP contribution in [0, 0.1) is 6.92 Å². The summed E-state index contributed by atoms with van der Waals surface area (Å²) in [5.74, 6) is -3.80. The molecule has 0 rings (SSSR count). The van der Waals surface area contributed by atoms with E-state index in [-0.39, 0.29) is 6.42 Å². The third-order valence-electron chi connectivity index (χ3n) is 1.58. The first kappa shape index (κ1) is 11.7. The van der Waals surface area contributed by atoms with Gasteiger partial charge in [-0.2, -0.15) is 0 Å². The van der Waals surface area contributed by atoms with E-state index < -0.39 is 18.8 Å². The fourth-order valence-corrected chi connectivity index (χ4v) is 0.823. The lowest BCUT2D eigenvalue weighted by Crippen LogP contribution is -2.25. The van der Waals surface area contributed by atoms with Crippen molar-refractivity contribution in [2.45, 2.75) is 44.5 Å². The highest BCUT2D eigenvalue weighted by Gasteiger charge is 2.39. The lowest BCUT2D eigenvalue weighted by molar-refractivity contribution is -0.133. The Hall–Kier alpha value is -0.280. The molecule has 0 nitrogen and oxygen atoms in total. The van der Waals surface area contributed by atoms with E-state index in [1.807, 2.05) is 0 Å². The van der Waals surface area contributed by atoms with Crippen LogP contribution in [0.4, 0.5) is 17.6 Å². The lowest BCUT2D eigenvalue weighted by Gasteiger charge is -2.14. The van der Waals surface area contributed by atoms with E-state index in [0.29, 0.717) is 12.8 Å². The fraction of sp³-hybridized carbons (Fsp3) is 0.875. The molecule has 0 unspecified atom stereocenters. The van der Waals surface area contributed by atoms with Crippen molar-refractivity contribution in [1.82, 2.24) is 0 Å². The standard InChI is InChI=1S/C8H13F4/c1-2-3-4-5-6-8(11,12)7(9)10/h7H,1-6H2. The van der Waals surface area contributed by atoms with Gasteiger partial charge in [0.2, 0.25) is 0 Å². The molecule has 0 saturated heterocycles. The van der Waals surface area contributed by atoms with Crippen molar-refractivity contribution in [2.75, 3.05) is 0 Å². The van der Waals surface area contributed by atoms with Gasteiger partial charge in [-0.3, -0.25) is 0 Å². The van der Waals surface area contributed by atoms with Crippen LogP contribution < -0.4 is 0 Å². The van der Waals surface area contributed by atoms with Gasteiger partial charge in [0.15, 0.2) is 0 Å². The minimum atomic E-state index is -3.80. The third-order valence-corrected chi connectivity index (χ3v) is 1.58. The van der Waals surface area contributed by atoms with Crippen LogP contribution in [0.1, 0.15) is 32.1 Å². The lowest BCUT2D eigenvalue weighted by atomic mass is 10.1. The highest BCUT2D eigenvalue weighted by atomic mass is 19.3. The number of halogens is 4. The molecule has 4 heteroatoms. The molecule has 0 aliphatic rings. The minimum Gasteiger partial charge on any atom is -0.204 e. The van der Waals surface area contributed by atoms with Crippen molar-refractivity contribution < 1.29 is 17.6 Å². The molecule has 0 amide bonds. The maximum absolute atomic E-state index is 12.2. The summed E-state index contributed by atoms with van der Waals surface area (Å²) in [5, 5.41) is 0. The Morgan fingerprint density at radius 1 is 1.08 bits per heavy atom. The van der Waals surface area contributed by atoms with Crippen LogP contribution in [-0.2, 0) is 0 Å². The molecular weight excluding hydrogens is 172 g/mol. The summed E-state index contributed by atoms with van der Waals surface area (Å²) < 4.78 is 47.5. The van der Waals surface area contributed by atoms with Crippen molar-refractivity contribution >= 4 is 0 Å². The van der Waals surface area contributed by atoms with Gasteiger partial charge in [0.1, 0.15) is 0 Å². The monoisotopic (exact) mass is 185 g/mol. The molecule has 0 aliphatic carbocycles. The van der Waals surface area contributed by atoms with Gasteiger partial charge >= 0.3 is 12.3 Å². The first-order chi connectivity index (χ1) is 5.50. The Morgan fingerprint density at radius 2 is 1.67 bits per heavy atom. The molecule has 0 bridgehead atoms.